The maximum atomic E-state index is 15.6. The number of hydrogen-bond donors (Lipinski definition) is 6. The van der Waals surface area contributed by atoms with Gasteiger partial charge in [-0.1, -0.05) is 154 Å². The summed E-state index contributed by atoms with van der Waals surface area (Å²) in [7, 11) is 3.08. The summed E-state index contributed by atoms with van der Waals surface area (Å²) >= 11 is 3.51. The molecular weight excluding hydrogens is 1750 g/mol. The van der Waals surface area contributed by atoms with Crippen molar-refractivity contribution < 1.29 is 86.2 Å². The zero-order valence-electron chi connectivity index (χ0n) is 78.9. The van der Waals surface area contributed by atoms with Crippen molar-refractivity contribution in [2.75, 3.05) is 91.0 Å². The van der Waals surface area contributed by atoms with Crippen molar-refractivity contribution >= 4 is 118 Å². The van der Waals surface area contributed by atoms with Crippen molar-refractivity contribution in [1.29, 1.82) is 0 Å². The lowest BCUT2D eigenvalue weighted by molar-refractivity contribution is -0.158. The van der Waals surface area contributed by atoms with Gasteiger partial charge in [-0.3, -0.25) is 67.1 Å². The standard InChI is InChI=1S/C51H69N7O9S.C49H65N7O9S/c1-6-8-16-43(60)53-44-32(4)67-51(66)45(35-13-10-9-11-14-35)54-46(61)39-27-41(59)36(30-68-42-29-56-24-21-34(42)22-25-56)28-58(39)50(65)40(26-33-19-17-31(3)18-20-33)55(5)49(64)38-15-12-23-57(38)48(63)37(7-2)52-47(44)62;1-6-35-46(61)55-21-11-14-36(55)47(62)53(5)38(24-31-17-15-29(3)16-18-31)48(63)56-26-34(28-66-40-27-54-22-19-32(40)20-23-54)39(57)25-37(56)44(59)52-43(33-12-9-8-10-13-33)49(64)65-30(4)42(45(60)50-35)51-41(58)7-2/h9-11,13-14,17-20,32,34,36-40,42,44-45H,6-8,12,15-16,21-30H2,1-5H3,(H,52,62)(H,53,60)(H,54,61);8-10,12-13,15-18,30,32,34-38,40,42-43H,6-7,11,14,19-28H2,1-5H3,(H,50,60)(H,51,58)(H,52,59)/t32-,36+,37?,38+,39+,40+,42?,44+,45+;30-,34+,35?,36+,37+,38+,40?,42+,43+/m11/s1. The molecule has 16 rings (SSSR count). The quantitative estimate of drug-likeness (QED) is 0.0560. The third-order valence-corrected chi connectivity index (χ3v) is 31.9. The Bertz CT molecular complexity index is 4900. The van der Waals surface area contributed by atoms with Gasteiger partial charge in [0.05, 0.1) is 0 Å². The fourth-order valence-corrected chi connectivity index (χ4v) is 23.7. The Morgan fingerprint density at radius 1 is 0.425 bits per heavy atom. The van der Waals surface area contributed by atoms with Gasteiger partial charge in [0.1, 0.15) is 84.2 Å². The highest BCUT2D eigenvalue weighted by molar-refractivity contribution is 8.00. The van der Waals surface area contributed by atoms with E-state index in [1.54, 1.807) is 112 Å². The minimum Gasteiger partial charge on any atom is -0.458 e. The number of piperidine rings is 8. The average Bonchev–Trinajstić information content (AvgIpc) is 1.19. The van der Waals surface area contributed by atoms with Crippen molar-refractivity contribution in [2.24, 2.45) is 23.7 Å². The summed E-state index contributed by atoms with van der Waals surface area (Å²) in [6.45, 7) is 20.2. The van der Waals surface area contributed by atoms with Crippen LogP contribution in [0.25, 0.3) is 0 Å². The maximum absolute atomic E-state index is 15.6. The summed E-state index contributed by atoms with van der Waals surface area (Å²) in [5, 5.41) is 17.2. The number of Topliss-reactive ketones (excluding diaryl/α,β-unsaturated/α-hetero) is 2. The molecule has 12 saturated heterocycles. The number of thioether (sulfide) groups is 2. The molecule has 12 aliphatic rings. The van der Waals surface area contributed by atoms with E-state index in [2.05, 4.69) is 41.7 Å². The number of hydrogen-bond acceptors (Lipinski definition) is 22. The first-order chi connectivity index (χ1) is 64.3. The zero-order chi connectivity index (χ0) is 95.9. The van der Waals surface area contributed by atoms with Crippen LogP contribution in [0.4, 0.5) is 0 Å². The number of cyclic esters (lactones) is 2. The van der Waals surface area contributed by atoms with Crippen molar-refractivity contribution in [2.45, 2.75) is 266 Å². The second-order valence-corrected chi connectivity index (χ2v) is 40.5. The van der Waals surface area contributed by atoms with E-state index in [0.29, 0.717) is 83.5 Å². The Hall–Kier alpha value is -10.6. The minimum atomic E-state index is -1.46. The normalized spacial score (nSPS) is 31.2. The van der Waals surface area contributed by atoms with Crippen LogP contribution in [0.2, 0.25) is 0 Å². The van der Waals surface area contributed by atoms with E-state index >= 15 is 9.59 Å². The van der Waals surface area contributed by atoms with Crippen LogP contribution in [0.1, 0.15) is 190 Å². The highest BCUT2D eigenvalue weighted by atomic mass is 32.2. The number of likely N-dealkylation sites (N-methyl/N-ethyl adjacent to an activating group) is 2. The van der Waals surface area contributed by atoms with Gasteiger partial charge in [-0.15, -0.1) is 0 Å². The Labute approximate surface area is 794 Å². The third-order valence-electron chi connectivity index (χ3n) is 28.8. The van der Waals surface area contributed by atoms with Gasteiger partial charge < -0.3 is 80.6 Å². The van der Waals surface area contributed by atoms with Gasteiger partial charge in [-0.05, 0) is 159 Å². The molecule has 0 radical (unpaired) electrons. The molecule has 18 atom stereocenters. The first kappa shape index (κ1) is 101. The molecule has 12 fully saturated rings. The van der Waals surface area contributed by atoms with Crippen LogP contribution < -0.4 is 31.9 Å². The number of fused-ring (bicyclic) bond motifs is 10. The third kappa shape index (κ3) is 24.3. The lowest BCUT2D eigenvalue weighted by atomic mass is 9.88. The molecule has 12 amide bonds. The Kier molecular flexibility index (Phi) is 34.9. The molecule has 6 N–H and O–H groups in total. The summed E-state index contributed by atoms with van der Waals surface area (Å²) in [6.07, 6.45) is 4.64. The van der Waals surface area contributed by atoms with Crippen LogP contribution in [-0.4, -0.2) is 308 Å². The van der Waals surface area contributed by atoms with Crippen LogP contribution in [0, 0.1) is 37.5 Å². The zero-order valence-corrected chi connectivity index (χ0v) is 80.5. The Morgan fingerprint density at radius 2 is 0.806 bits per heavy atom. The highest BCUT2D eigenvalue weighted by Gasteiger charge is 2.52. The lowest BCUT2D eigenvalue weighted by Crippen LogP contribution is -2.63. The SMILES string of the molecule is CCC(=O)N[C@@H]1C(=O)NC(CC)C(=O)N2CCC[C@H]2C(=O)N(C)[C@@H](Cc2ccc(C)cc2)C(=O)N2C[C@@H](CSC3CN4CCC3CC4)C(=O)C[C@H]2C(=O)N[C@@H](c2ccccc2)C(=O)O[C@@H]1C.CCCCC(=O)N[C@@H]1C(=O)NC(CC)C(=O)N2CCC[C@H]2C(=O)N(C)[C@@H](Cc2ccc(C)cc2)C(=O)N2C[C@@H](CSC3CN4CCC3CC4)C(=O)C[C@H]2C(=O)N[C@@H](c2ccccc2)C(=O)O[C@@H]1C. The summed E-state index contributed by atoms with van der Waals surface area (Å²) in [4.78, 5) is 245. The number of carbonyl (C=O) groups is 16. The fourth-order valence-electron chi connectivity index (χ4n) is 20.4. The summed E-state index contributed by atoms with van der Waals surface area (Å²) in [6, 6.07) is 17.0. The first-order valence-electron chi connectivity index (χ1n) is 48.2. The number of esters is 2. The van der Waals surface area contributed by atoms with Crippen molar-refractivity contribution in [3.8, 4) is 0 Å². The van der Waals surface area contributed by atoms with Gasteiger partial charge >= 0.3 is 11.9 Å². The molecule has 0 spiro atoms. The van der Waals surface area contributed by atoms with E-state index in [1.807, 2.05) is 69.3 Å². The molecule has 12 aliphatic heterocycles. The number of ketones is 2. The van der Waals surface area contributed by atoms with Crippen molar-refractivity contribution in [3.05, 3.63) is 143 Å². The molecule has 32 nitrogen and oxygen atoms in total. The molecule has 4 unspecified atom stereocenters. The number of benzene rings is 4. The van der Waals surface area contributed by atoms with Crippen LogP contribution in [-0.2, 0) is 99.0 Å². The Balaban J connectivity index is 0.000000227. The molecule has 0 saturated carbocycles. The minimum absolute atomic E-state index is 0.00779. The van der Waals surface area contributed by atoms with Crippen LogP contribution >= 0.6 is 23.5 Å². The fraction of sp³-hybridized carbons (Fsp3) is 0.600. The van der Waals surface area contributed by atoms with E-state index in [-0.39, 0.29) is 89.1 Å². The number of carbonyl (C=O) groups excluding carboxylic acids is 16. The predicted octanol–water partition coefficient (Wildman–Crippen LogP) is 5.90. The van der Waals surface area contributed by atoms with Gasteiger partial charge in [0, 0.05) is 126 Å². The number of aryl methyl sites for hydroxylation is 2. The average molecular weight is 1880 g/mol. The van der Waals surface area contributed by atoms with Crippen LogP contribution in [0.3, 0.4) is 0 Å². The molecule has 724 valence electrons. The van der Waals surface area contributed by atoms with Crippen molar-refractivity contribution in [3.63, 3.8) is 0 Å². The van der Waals surface area contributed by atoms with Gasteiger partial charge in [-0.2, -0.15) is 23.5 Å². The number of ether oxygens (including phenoxy) is 2. The van der Waals surface area contributed by atoms with Gasteiger partial charge in [0.15, 0.2) is 12.1 Å². The predicted molar refractivity (Wildman–Crippen MR) is 504 cm³/mol. The maximum Gasteiger partial charge on any atom is 0.333 e. The van der Waals surface area contributed by atoms with E-state index in [0.717, 1.165) is 87.2 Å². The first-order valence-corrected chi connectivity index (χ1v) is 50.3. The summed E-state index contributed by atoms with van der Waals surface area (Å²) in [5.41, 5.74) is 4.20. The van der Waals surface area contributed by atoms with E-state index < -0.39 is 179 Å². The van der Waals surface area contributed by atoms with Crippen molar-refractivity contribution in [1.82, 2.24) is 71.1 Å². The van der Waals surface area contributed by atoms with E-state index in [9.17, 15) is 67.1 Å². The largest absolute Gasteiger partial charge is 0.458 e. The lowest BCUT2D eigenvalue weighted by Gasteiger charge is -2.45. The summed E-state index contributed by atoms with van der Waals surface area (Å²) < 4.78 is 11.9. The van der Waals surface area contributed by atoms with Gasteiger partial charge in [0.25, 0.3) is 0 Å². The second-order valence-electron chi connectivity index (χ2n) is 37.9. The number of amides is 12. The molecule has 34 heteroatoms. The molecule has 4 aromatic rings. The molecule has 4 bridgehead atoms. The van der Waals surface area contributed by atoms with Gasteiger partial charge in [-0.25, -0.2) is 9.59 Å². The number of unbranched alkanes of at least 4 members (excludes halogenated alkanes) is 1. The van der Waals surface area contributed by atoms with E-state index in [4.69, 9.17) is 9.47 Å². The smallest absolute Gasteiger partial charge is 0.333 e. The van der Waals surface area contributed by atoms with E-state index in [1.165, 1.54) is 50.3 Å². The molecule has 134 heavy (non-hydrogen) atoms. The molecular formula is C100H134N14O18S2. The molecule has 0 aliphatic carbocycles. The second kappa shape index (κ2) is 46.3. The molecule has 0 aromatic heterocycles. The Morgan fingerprint density at radius 3 is 1.16 bits per heavy atom. The summed E-state index contributed by atoms with van der Waals surface area (Å²) in [5.74, 6) is -8.49. The molecule has 12 heterocycles. The topological polar surface area (TPSA) is 390 Å². The van der Waals surface area contributed by atoms with Gasteiger partial charge in [0.2, 0.25) is 70.9 Å². The number of rotatable bonds is 20. The van der Waals surface area contributed by atoms with Crippen LogP contribution in [0.15, 0.2) is 109 Å². The number of nitrogens with zero attached hydrogens (tertiary/aromatic N) is 8. The monoisotopic (exact) mass is 1880 g/mol. The number of nitrogens with one attached hydrogen (secondary N) is 6. The van der Waals surface area contributed by atoms with Crippen LogP contribution in [0.5, 0.6) is 0 Å². The molecule has 4 aromatic carbocycles. The highest BCUT2D eigenvalue weighted by Crippen LogP contribution is 2.41.